The average molecular weight is 392 g/mol. The molecule has 0 spiro atoms. The first kappa shape index (κ1) is 19.9. The zero-order valence-corrected chi connectivity index (χ0v) is 15.4. The number of nitrogens with two attached hydrogens (primary N) is 1. The highest BCUT2D eigenvalue weighted by atomic mass is 35.5. The van der Waals surface area contributed by atoms with E-state index in [1.165, 1.54) is 18.2 Å². The Bertz CT molecular complexity index is 744. The summed E-state index contributed by atoms with van der Waals surface area (Å²) in [6, 6.07) is 4.03. The Hall–Kier alpha value is -1.38. The third kappa shape index (κ3) is 4.07. The van der Waals surface area contributed by atoms with Crippen LogP contribution in [0.1, 0.15) is 25.7 Å². The van der Waals surface area contributed by atoms with Crippen LogP contribution in [0.2, 0.25) is 0 Å². The van der Waals surface area contributed by atoms with Crippen molar-refractivity contribution in [1.29, 1.82) is 0 Å². The highest BCUT2D eigenvalue weighted by molar-refractivity contribution is 7.93. The van der Waals surface area contributed by atoms with Gasteiger partial charge in [0.15, 0.2) is 0 Å². The van der Waals surface area contributed by atoms with Crippen LogP contribution in [0.25, 0.3) is 0 Å². The van der Waals surface area contributed by atoms with Gasteiger partial charge < -0.3 is 11.1 Å². The SMILES string of the molecule is Cl.NC[C@H]1CCC[C@H]1C(=O)Nc1ccc(F)c(N2CCCS2(=O)=O)c1. The Labute approximate surface area is 153 Å². The van der Waals surface area contributed by atoms with Crippen molar-refractivity contribution in [2.24, 2.45) is 17.6 Å². The van der Waals surface area contributed by atoms with Gasteiger partial charge in [-0.1, -0.05) is 6.42 Å². The maximum Gasteiger partial charge on any atom is 0.235 e. The summed E-state index contributed by atoms with van der Waals surface area (Å²) >= 11 is 0. The van der Waals surface area contributed by atoms with Crippen LogP contribution in [0.15, 0.2) is 18.2 Å². The molecule has 9 heteroatoms. The van der Waals surface area contributed by atoms with Gasteiger partial charge in [0.05, 0.1) is 11.4 Å². The van der Waals surface area contributed by atoms with Gasteiger partial charge in [0.2, 0.25) is 15.9 Å². The van der Waals surface area contributed by atoms with Crippen molar-refractivity contribution in [2.75, 3.05) is 28.5 Å². The first-order chi connectivity index (χ1) is 11.4. The summed E-state index contributed by atoms with van der Waals surface area (Å²) in [5.41, 5.74) is 6.11. The molecule has 1 heterocycles. The Morgan fingerprint density at radius 2 is 2.08 bits per heavy atom. The Balaban J connectivity index is 0.00000225. The van der Waals surface area contributed by atoms with Gasteiger partial charge in [0.25, 0.3) is 0 Å². The van der Waals surface area contributed by atoms with Crippen molar-refractivity contribution in [3.05, 3.63) is 24.0 Å². The van der Waals surface area contributed by atoms with Crippen LogP contribution >= 0.6 is 12.4 Å². The summed E-state index contributed by atoms with van der Waals surface area (Å²) in [6.07, 6.45) is 3.18. The smallest absolute Gasteiger partial charge is 0.235 e. The molecule has 140 valence electrons. The molecule has 2 atom stereocenters. The molecule has 0 aromatic heterocycles. The van der Waals surface area contributed by atoms with Gasteiger partial charge in [-0.05, 0) is 49.9 Å². The average Bonchev–Trinajstić information content (AvgIpc) is 3.15. The summed E-state index contributed by atoms with van der Waals surface area (Å²) < 4.78 is 39.2. The molecule has 1 aliphatic carbocycles. The van der Waals surface area contributed by atoms with Gasteiger partial charge >= 0.3 is 0 Å². The van der Waals surface area contributed by atoms with Gasteiger partial charge in [0.1, 0.15) is 5.82 Å². The second kappa shape index (κ2) is 7.88. The van der Waals surface area contributed by atoms with Crippen molar-refractivity contribution in [3.8, 4) is 0 Å². The number of anilines is 2. The largest absolute Gasteiger partial charge is 0.330 e. The number of hydrogen-bond acceptors (Lipinski definition) is 4. The summed E-state index contributed by atoms with van der Waals surface area (Å²) in [5, 5.41) is 2.78. The molecule has 1 saturated heterocycles. The minimum atomic E-state index is -3.47. The minimum Gasteiger partial charge on any atom is -0.330 e. The van der Waals surface area contributed by atoms with E-state index in [2.05, 4.69) is 5.32 Å². The fraction of sp³-hybridized carbons (Fsp3) is 0.562. The molecule has 25 heavy (non-hydrogen) atoms. The predicted molar refractivity (Wildman–Crippen MR) is 97.9 cm³/mol. The van der Waals surface area contributed by atoms with E-state index in [9.17, 15) is 17.6 Å². The van der Waals surface area contributed by atoms with Crippen LogP contribution in [-0.2, 0) is 14.8 Å². The molecule has 2 aliphatic rings. The molecule has 1 aromatic rings. The molecular weight excluding hydrogens is 369 g/mol. The van der Waals surface area contributed by atoms with E-state index in [1.807, 2.05) is 0 Å². The van der Waals surface area contributed by atoms with E-state index in [1.54, 1.807) is 0 Å². The first-order valence-corrected chi connectivity index (χ1v) is 9.84. The minimum absolute atomic E-state index is 0. The maximum absolute atomic E-state index is 14.1. The van der Waals surface area contributed by atoms with E-state index in [0.29, 0.717) is 18.7 Å². The lowest BCUT2D eigenvalue weighted by atomic mass is 9.95. The van der Waals surface area contributed by atoms with E-state index in [4.69, 9.17) is 5.73 Å². The van der Waals surface area contributed by atoms with Gasteiger partial charge in [-0.25, -0.2) is 12.8 Å². The number of nitrogens with zero attached hydrogens (tertiary/aromatic N) is 1. The van der Waals surface area contributed by atoms with Crippen LogP contribution in [0.5, 0.6) is 0 Å². The summed E-state index contributed by atoms with van der Waals surface area (Å²) in [7, 11) is -3.47. The Kier molecular flexibility index (Phi) is 6.29. The molecule has 1 saturated carbocycles. The normalized spacial score (nSPS) is 24.8. The number of carbonyl (C=O) groups is 1. The van der Waals surface area contributed by atoms with Gasteiger partial charge in [-0.3, -0.25) is 9.10 Å². The second-order valence-corrected chi connectivity index (χ2v) is 8.44. The number of carbonyl (C=O) groups excluding carboxylic acids is 1. The zero-order chi connectivity index (χ0) is 17.3. The molecule has 3 rings (SSSR count). The molecule has 3 N–H and O–H groups in total. The molecule has 0 unspecified atom stereocenters. The number of benzene rings is 1. The molecule has 2 fully saturated rings. The number of nitrogens with one attached hydrogen (secondary N) is 1. The number of sulfonamides is 1. The highest BCUT2D eigenvalue weighted by Gasteiger charge is 2.33. The van der Waals surface area contributed by atoms with E-state index < -0.39 is 15.8 Å². The molecule has 1 aromatic carbocycles. The van der Waals surface area contributed by atoms with Crippen LogP contribution in [0.4, 0.5) is 15.8 Å². The van der Waals surface area contributed by atoms with E-state index in [-0.39, 0.29) is 48.1 Å². The van der Waals surface area contributed by atoms with Crippen molar-refractivity contribution < 1.29 is 17.6 Å². The number of rotatable bonds is 4. The quantitative estimate of drug-likeness (QED) is 0.822. The third-order valence-corrected chi connectivity index (χ3v) is 6.74. The zero-order valence-electron chi connectivity index (χ0n) is 13.8. The highest BCUT2D eigenvalue weighted by Crippen LogP contribution is 2.33. The van der Waals surface area contributed by atoms with Gasteiger partial charge in [-0.15, -0.1) is 12.4 Å². The monoisotopic (exact) mass is 391 g/mol. The van der Waals surface area contributed by atoms with Crippen LogP contribution in [-0.4, -0.2) is 33.2 Å². The Morgan fingerprint density at radius 1 is 1.32 bits per heavy atom. The van der Waals surface area contributed by atoms with Crippen molar-refractivity contribution in [2.45, 2.75) is 25.7 Å². The van der Waals surface area contributed by atoms with Crippen molar-refractivity contribution >= 4 is 39.7 Å². The van der Waals surface area contributed by atoms with Crippen molar-refractivity contribution in [1.82, 2.24) is 0 Å². The standard InChI is InChI=1S/C16H22FN3O3S.ClH/c17-14-6-5-12(9-15(14)20-7-2-8-24(20,22)23)19-16(21)13-4-1-3-11(13)10-18;/h5-6,9,11,13H,1-4,7-8,10,18H2,(H,19,21);1H/t11-,13-;/m1./s1. The lowest BCUT2D eigenvalue weighted by Gasteiger charge is -2.20. The molecular formula is C16H23ClFN3O3S. The molecule has 1 amide bonds. The lowest BCUT2D eigenvalue weighted by Crippen LogP contribution is -2.30. The van der Waals surface area contributed by atoms with Crippen LogP contribution < -0.4 is 15.4 Å². The number of halogens is 2. The first-order valence-electron chi connectivity index (χ1n) is 8.23. The van der Waals surface area contributed by atoms with Crippen LogP contribution in [0.3, 0.4) is 0 Å². The fourth-order valence-electron chi connectivity index (χ4n) is 3.59. The van der Waals surface area contributed by atoms with Gasteiger partial charge in [-0.2, -0.15) is 0 Å². The fourth-order valence-corrected chi connectivity index (χ4v) is 5.15. The predicted octanol–water partition coefficient (Wildman–Crippen LogP) is 2.10. The van der Waals surface area contributed by atoms with Gasteiger partial charge in [0, 0.05) is 18.2 Å². The van der Waals surface area contributed by atoms with Crippen LogP contribution in [0, 0.1) is 17.7 Å². The molecule has 6 nitrogen and oxygen atoms in total. The molecule has 0 bridgehead atoms. The molecule has 1 aliphatic heterocycles. The summed E-state index contributed by atoms with van der Waals surface area (Å²) in [6.45, 7) is 0.729. The van der Waals surface area contributed by atoms with E-state index >= 15 is 0 Å². The topological polar surface area (TPSA) is 92.5 Å². The second-order valence-electron chi connectivity index (χ2n) is 6.43. The third-order valence-electron chi connectivity index (χ3n) is 4.88. The maximum atomic E-state index is 14.1. The number of amides is 1. The number of hydrogen-bond donors (Lipinski definition) is 2. The lowest BCUT2D eigenvalue weighted by molar-refractivity contribution is -0.120. The molecule has 0 radical (unpaired) electrons. The summed E-state index contributed by atoms with van der Waals surface area (Å²) in [4.78, 5) is 12.4. The summed E-state index contributed by atoms with van der Waals surface area (Å²) in [5.74, 6) is -0.699. The Morgan fingerprint density at radius 3 is 2.72 bits per heavy atom. The van der Waals surface area contributed by atoms with Crippen molar-refractivity contribution in [3.63, 3.8) is 0 Å². The van der Waals surface area contributed by atoms with E-state index in [0.717, 1.165) is 23.6 Å².